The van der Waals surface area contributed by atoms with E-state index in [4.69, 9.17) is 4.74 Å². The first-order valence-corrected chi connectivity index (χ1v) is 8.40. The molecule has 134 valence electrons. The summed E-state index contributed by atoms with van der Waals surface area (Å²) in [6.07, 6.45) is 1.32. The molecule has 1 aliphatic rings. The molecule has 2 aromatic rings. The lowest BCUT2D eigenvalue weighted by atomic mass is 10.2. The van der Waals surface area contributed by atoms with Crippen molar-refractivity contribution in [1.29, 1.82) is 0 Å². The Morgan fingerprint density at radius 3 is 2.69 bits per heavy atom. The summed E-state index contributed by atoms with van der Waals surface area (Å²) in [5, 5.41) is 10.5. The summed E-state index contributed by atoms with van der Waals surface area (Å²) in [7, 11) is 0. The molecule has 26 heavy (non-hydrogen) atoms. The second kappa shape index (κ2) is 8.05. The fourth-order valence-electron chi connectivity index (χ4n) is 2.04. The Hall–Kier alpha value is -2.81. The molecule has 0 aromatic heterocycles. The Balaban J connectivity index is 1.63. The van der Waals surface area contributed by atoms with Crippen LogP contribution in [0.3, 0.4) is 0 Å². The molecule has 3 rings (SSSR count). The van der Waals surface area contributed by atoms with E-state index in [9.17, 15) is 18.0 Å². The highest BCUT2D eigenvalue weighted by Crippen LogP contribution is 2.20. The van der Waals surface area contributed by atoms with Gasteiger partial charge in [-0.3, -0.25) is 4.79 Å². The van der Waals surface area contributed by atoms with Crippen molar-refractivity contribution < 1.29 is 22.7 Å². The molecule has 2 aromatic carbocycles. The number of rotatable bonds is 5. The van der Waals surface area contributed by atoms with Gasteiger partial charge in [0.1, 0.15) is 18.2 Å². The van der Waals surface area contributed by atoms with Crippen LogP contribution in [-0.4, -0.2) is 23.0 Å². The predicted octanol–water partition coefficient (Wildman–Crippen LogP) is 3.24. The van der Waals surface area contributed by atoms with Crippen LogP contribution in [0.4, 0.5) is 13.2 Å². The fraction of sp³-hybridized carbons (Fsp3) is 0.118. The van der Waals surface area contributed by atoms with E-state index >= 15 is 0 Å². The second-order valence-electron chi connectivity index (χ2n) is 5.20. The number of halogens is 3. The predicted molar refractivity (Wildman–Crippen MR) is 92.7 cm³/mol. The Bertz CT molecular complexity index is 903. The number of hydrogen-bond acceptors (Lipinski definition) is 5. The minimum Gasteiger partial charge on any atom is -0.486 e. The van der Waals surface area contributed by atoms with Crippen molar-refractivity contribution >= 4 is 29.1 Å². The van der Waals surface area contributed by atoms with Crippen molar-refractivity contribution in [3.05, 3.63) is 65.0 Å². The van der Waals surface area contributed by atoms with E-state index < -0.39 is 17.5 Å². The summed E-state index contributed by atoms with van der Waals surface area (Å²) >= 11 is 1.23. The van der Waals surface area contributed by atoms with Crippen LogP contribution in [0.25, 0.3) is 0 Å². The maximum atomic E-state index is 14.1. The van der Waals surface area contributed by atoms with Crippen LogP contribution >= 0.6 is 11.8 Å². The van der Waals surface area contributed by atoms with Gasteiger partial charge in [0.15, 0.2) is 16.7 Å². The topological polar surface area (TPSA) is 63.0 Å². The Morgan fingerprint density at radius 1 is 1.15 bits per heavy atom. The van der Waals surface area contributed by atoms with Crippen LogP contribution in [0.15, 0.2) is 46.6 Å². The number of nitrogens with one attached hydrogen (secondary N) is 1. The van der Waals surface area contributed by atoms with Crippen molar-refractivity contribution in [3.8, 4) is 5.75 Å². The molecular formula is C17H12F3N3O2S. The summed E-state index contributed by atoms with van der Waals surface area (Å²) in [5.41, 5.74) is 0.546. The van der Waals surface area contributed by atoms with Crippen molar-refractivity contribution in [2.24, 2.45) is 10.2 Å². The van der Waals surface area contributed by atoms with E-state index in [2.05, 4.69) is 15.5 Å². The lowest BCUT2D eigenvalue weighted by molar-refractivity contribution is -0.116. The zero-order chi connectivity index (χ0) is 18.5. The van der Waals surface area contributed by atoms with Crippen molar-refractivity contribution in [2.45, 2.75) is 6.61 Å². The van der Waals surface area contributed by atoms with Gasteiger partial charge in [0.05, 0.1) is 12.0 Å². The summed E-state index contributed by atoms with van der Waals surface area (Å²) in [6.45, 7) is -0.235. The maximum Gasteiger partial charge on any atom is 0.236 e. The van der Waals surface area contributed by atoms with Crippen molar-refractivity contribution in [2.75, 3.05) is 5.75 Å². The number of nitrogens with zero attached hydrogens (tertiary/aromatic N) is 2. The minimum absolute atomic E-state index is 0.0733. The summed E-state index contributed by atoms with van der Waals surface area (Å²) in [4.78, 5) is 11.0. The molecular weight excluding hydrogens is 367 g/mol. The summed E-state index contributed by atoms with van der Waals surface area (Å²) in [6, 6.07) is 7.18. The van der Waals surface area contributed by atoms with Gasteiger partial charge in [-0.2, -0.15) is 5.10 Å². The quantitative estimate of drug-likeness (QED) is 0.641. The highest BCUT2D eigenvalue weighted by atomic mass is 32.2. The van der Waals surface area contributed by atoms with E-state index in [0.717, 1.165) is 12.1 Å². The fourth-order valence-corrected chi connectivity index (χ4v) is 2.67. The Morgan fingerprint density at radius 2 is 2.00 bits per heavy atom. The van der Waals surface area contributed by atoms with Crippen LogP contribution < -0.4 is 10.1 Å². The molecule has 0 saturated carbocycles. The zero-order valence-corrected chi connectivity index (χ0v) is 14.0. The molecule has 1 saturated heterocycles. The van der Waals surface area contributed by atoms with Gasteiger partial charge >= 0.3 is 0 Å². The van der Waals surface area contributed by atoms with E-state index in [1.807, 2.05) is 0 Å². The van der Waals surface area contributed by atoms with Crippen LogP contribution in [0.5, 0.6) is 5.75 Å². The van der Waals surface area contributed by atoms with Gasteiger partial charge in [-0.1, -0.05) is 11.8 Å². The average molecular weight is 379 g/mol. The number of amides is 1. The van der Waals surface area contributed by atoms with E-state index in [1.165, 1.54) is 36.2 Å². The highest BCUT2D eigenvalue weighted by molar-refractivity contribution is 8.15. The molecule has 1 N–H and O–H groups in total. The largest absolute Gasteiger partial charge is 0.486 e. The number of benzene rings is 2. The molecule has 0 unspecified atom stereocenters. The summed E-state index contributed by atoms with van der Waals surface area (Å²) < 4.78 is 45.7. The van der Waals surface area contributed by atoms with Gasteiger partial charge in [-0.25, -0.2) is 13.2 Å². The monoisotopic (exact) mass is 379 g/mol. The number of ether oxygens (including phenoxy) is 1. The molecule has 0 bridgehead atoms. The molecule has 0 aliphatic carbocycles. The smallest absolute Gasteiger partial charge is 0.236 e. The van der Waals surface area contributed by atoms with Crippen LogP contribution in [-0.2, 0) is 11.4 Å². The lowest BCUT2D eigenvalue weighted by Crippen LogP contribution is -2.19. The summed E-state index contributed by atoms with van der Waals surface area (Å²) in [5.74, 6) is -2.04. The van der Waals surface area contributed by atoms with Crippen molar-refractivity contribution in [1.82, 2.24) is 5.32 Å². The van der Waals surface area contributed by atoms with Gasteiger partial charge in [-0.15, -0.1) is 5.10 Å². The molecule has 1 aliphatic heterocycles. The number of carbonyl (C=O) groups excluding carboxylic acids is 1. The third kappa shape index (κ3) is 4.63. The first-order chi connectivity index (χ1) is 12.5. The van der Waals surface area contributed by atoms with E-state index in [0.29, 0.717) is 16.5 Å². The van der Waals surface area contributed by atoms with Crippen molar-refractivity contribution in [3.63, 3.8) is 0 Å². The standard InChI is InChI=1S/C17H12F3N3O2S/c18-12-3-2-11(13(19)6-12)8-25-15-4-1-10(5-14(15)20)7-21-23-17-22-16(24)9-26-17/h1-7H,8-9H2,(H,22,23,24). The van der Waals surface area contributed by atoms with Crippen LogP contribution in [0.1, 0.15) is 11.1 Å². The third-order valence-corrected chi connectivity index (χ3v) is 4.16. The molecule has 1 fully saturated rings. The maximum absolute atomic E-state index is 14.1. The number of carbonyl (C=O) groups is 1. The van der Waals surface area contributed by atoms with E-state index in [-0.39, 0.29) is 23.8 Å². The SMILES string of the molecule is O=C1CSC(=NN=Cc2ccc(OCc3ccc(F)cc3F)c(F)c2)N1. The first-order valence-electron chi connectivity index (χ1n) is 7.41. The van der Waals surface area contributed by atoms with Gasteiger partial charge in [0.2, 0.25) is 5.91 Å². The number of amidine groups is 1. The van der Waals surface area contributed by atoms with Gasteiger partial charge < -0.3 is 10.1 Å². The Kier molecular flexibility index (Phi) is 5.57. The number of thioether (sulfide) groups is 1. The van der Waals surface area contributed by atoms with Gasteiger partial charge in [-0.05, 0) is 35.9 Å². The molecule has 9 heteroatoms. The lowest BCUT2D eigenvalue weighted by Gasteiger charge is -2.08. The van der Waals surface area contributed by atoms with E-state index in [1.54, 1.807) is 6.07 Å². The molecule has 0 spiro atoms. The third-order valence-electron chi connectivity index (χ3n) is 3.30. The van der Waals surface area contributed by atoms with Gasteiger partial charge in [0.25, 0.3) is 0 Å². The highest BCUT2D eigenvalue weighted by Gasteiger charge is 2.16. The Labute approximate surface area is 151 Å². The second-order valence-corrected chi connectivity index (χ2v) is 6.16. The van der Waals surface area contributed by atoms with Crippen LogP contribution in [0.2, 0.25) is 0 Å². The molecule has 1 amide bonds. The number of hydrogen-bond donors (Lipinski definition) is 1. The zero-order valence-electron chi connectivity index (χ0n) is 13.2. The minimum atomic E-state index is -0.759. The molecule has 0 radical (unpaired) electrons. The average Bonchev–Trinajstić information content (AvgIpc) is 3.01. The van der Waals surface area contributed by atoms with Crippen LogP contribution in [0, 0.1) is 17.5 Å². The molecule has 5 nitrogen and oxygen atoms in total. The molecule has 0 atom stereocenters. The first kappa shape index (κ1) is 18.0. The molecule has 1 heterocycles. The normalized spacial score (nSPS) is 15.7. The van der Waals surface area contributed by atoms with Gasteiger partial charge in [0, 0.05) is 11.6 Å².